The molecule has 0 saturated heterocycles. The van der Waals surface area contributed by atoms with E-state index in [9.17, 15) is 4.79 Å². The molecule has 14 heavy (non-hydrogen) atoms. The minimum absolute atomic E-state index is 0.0343. The first-order valence-electron chi connectivity index (χ1n) is 4.38. The fourth-order valence-corrected chi connectivity index (χ4v) is 1.52. The number of rotatable bonds is 2. The summed E-state index contributed by atoms with van der Waals surface area (Å²) < 4.78 is 1.67. The van der Waals surface area contributed by atoms with E-state index in [0.717, 1.165) is 0 Å². The average Bonchev–Trinajstić information content (AvgIpc) is 2.27. The largest absolute Gasteiger partial charge is 0.477 e. The predicted octanol–water partition coefficient (Wildman–Crippen LogP) is 2.89. The number of aromatic carboxylic acids is 1. The van der Waals surface area contributed by atoms with Crippen molar-refractivity contribution < 1.29 is 9.90 Å². The lowest BCUT2D eigenvalue weighted by atomic mass is 9.97. The molecule has 0 bridgehead atoms. The minimum Gasteiger partial charge on any atom is -0.477 e. The van der Waals surface area contributed by atoms with Gasteiger partial charge in [-0.15, -0.1) is 0 Å². The molecular weight excluding hydrogens is 202 g/mol. The number of carbonyl (C=O) groups is 1. The molecule has 1 aromatic heterocycles. The van der Waals surface area contributed by atoms with Crippen LogP contribution in [-0.4, -0.2) is 15.6 Å². The van der Waals surface area contributed by atoms with Crippen LogP contribution in [0.1, 0.15) is 31.3 Å². The maximum absolute atomic E-state index is 10.8. The van der Waals surface area contributed by atoms with E-state index in [1.807, 2.05) is 20.8 Å². The molecule has 0 radical (unpaired) electrons. The molecule has 3 nitrogen and oxygen atoms in total. The second-order valence-corrected chi connectivity index (χ2v) is 4.97. The maximum Gasteiger partial charge on any atom is 0.352 e. The molecule has 0 fully saturated rings. The first-order valence-corrected chi connectivity index (χ1v) is 4.76. The first-order chi connectivity index (χ1) is 6.29. The molecule has 0 atom stereocenters. The van der Waals surface area contributed by atoms with Crippen LogP contribution < -0.4 is 0 Å². The third kappa shape index (κ3) is 2.77. The smallest absolute Gasteiger partial charge is 0.352 e. The Morgan fingerprint density at radius 2 is 2.14 bits per heavy atom. The molecule has 0 amide bonds. The number of halogens is 1. The summed E-state index contributed by atoms with van der Waals surface area (Å²) in [6.45, 7) is 6.78. The van der Waals surface area contributed by atoms with Crippen molar-refractivity contribution in [3.8, 4) is 0 Å². The van der Waals surface area contributed by atoms with Gasteiger partial charge < -0.3 is 9.67 Å². The summed E-state index contributed by atoms with van der Waals surface area (Å²) in [4.78, 5) is 10.8. The van der Waals surface area contributed by atoms with Crippen molar-refractivity contribution in [3.05, 3.63) is 23.0 Å². The van der Waals surface area contributed by atoms with Gasteiger partial charge in [-0.25, -0.2) is 4.79 Å². The topological polar surface area (TPSA) is 42.2 Å². The molecule has 4 heteroatoms. The van der Waals surface area contributed by atoms with E-state index in [2.05, 4.69) is 0 Å². The normalized spacial score (nSPS) is 11.7. The van der Waals surface area contributed by atoms with E-state index in [1.165, 1.54) is 6.07 Å². The van der Waals surface area contributed by atoms with Gasteiger partial charge in [0.2, 0.25) is 0 Å². The van der Waals surface area contributed by atoms with Gasteiger partial charge in [0.05, 0.1) is 5.02 Å². The quantitative estimate of drug-likeness (QED) is 0.824. The van der Waals surface area contributed by atoms with Gasteiger partial charge in [0.25, 0.3) is 0 Å². The van der Waals surface area contributed by atoms with Crippen LogP contribution in [0.2, 0.25) is 5.02 Å². The van der Waals surface area contributed by atoms with Gasteiger partial charge in [-0.2, -0.15) is 0 Å². The number of hydrogen-bond acceptors (Lipinski definition) is 1. The molecule has 0 aliphatic rings. The Labute approximate surface area is 88.3 Å². The molecule has 78 valence electrons. The van der Waals surface area contributed by atoms with Crippen LogP contribution >= 0.6 is 11.6 Å². The highest BCUT2D eigenvalue weighted by Crippen LogP contribution is 2.21. The van der Waals surface area contributed by atoms with Crippen molar-refractivity contribution in [3.63, 3.8) is 0 Å². The zero-order valence-corrected chi connectivity index (χ0v) is 9.30. The molecule has 1 aromatic rings. The number of carboxylic acids is 1. The van der Waals surface area contributed by atoms with Gasteiger partial charge >= 0.3 is 5.97 Å². The molecular formula is C10H14ClNO2. The summed E-state index contributed by atoms with van der Waals surface area (Å²) in [5.74, 6) is -0.943. The summed E-state index contributed by atoms with van der Waals surface area (Å²) in [6.07, 6.45) is 1.65. The van der Waals surface area contributed by atoms with Crippen LogP contribution in [0.25, 0.3) is 0 Å². The van der Waals surface area contributed by atoms with Gasteiger partial charge in [0.15, 0.2) is 0 Å². The summed E-state index contributed by atoms with van der Waals surface area (Å²) >= 11 is 5.75. The summed E-state index contributed by atoms with van der Waals surface area (Å²) in [7, 11) is 0. The van der Waals surface area contributed by atoms with Gasteiger partial charge in [-0.3, -0.25) is 0 Å². The molecule has 0 spiro atoms. The Morgan fingerprint density at radius 3 is 2.57 bits per heavy atom. The molecule has 0 unspecified atom stereocenters. The van der Waals surface area contributed by atoms with E-state index in [-0.39, 0.29) is 11.1 Å². The lowest BCUT2D eigenvalue weighted by Crippen LogP contribution is -2.18. The number of hydrogen-bond donors (Lipinski definition) is 1. The van der Waals surface area contributed by atoms with Crippen molar-refractivity contribution in [2.75, 3.05) is 0 Å². The van der Waals surface area contributed by atoms with E-state index >= 15 is 0 Å². The Morgan fingerprint density at radius 1 is 1.57 bits per heavy atom. The highest BCUT2D eigenvalue weighted by atomic mass is 35.5. The zero-order valence-electron chi connectivity index (χ0n) is 8.54. The van der Waals surface area contributed by atoms with E-state index in [0.29, 0.717) is 11.6 Å². The number of aromatic nitrogens is 1. The molecule has 0 aromatic carbocycles. The third-order valence-electron chi connectivity index (χ3n) is 1.73. The van der Waals surface area contributed by atoms with E-state index in [4.69, 9.17) is 16.7 Å². The summed E-state index contributed by atoms with van der Waals surface area (Å²) in [5, 5.41) is 9.36. The first kappa shape index (κ1) is 11.1. The predicted molar refractivity (Wildman–Crippen MR) is 55.9 cm³/mol. The van der Waals surface area contributed by atoms with Crippen LogP contribution in [0.3, 0.4) is 0 Å². The van der Waals surface area contributed by atoms with E-state index < -0.39 is 5.97 Å². The molecule has 0 aliphatic heterocycles. The Kier molecular flexibility index (Phi) is 2.90. The monoisotopic (exact) mass is 215 g/mol. The fraction of sp³-hybridized carbons (Fsp3) is 0.500. The SMILES string of the molecule is CC(C)(C)Cn1cc(Cl)cc1C(=O)O. The van der Waals surface area contributed by atoms with Gasteiger partial charge in [-0.05, 0) is 11.5 Å². The lowest BCUT2D eigenvalue weighted by Gasteiger charge is -2.19. The fourth-order valence-electron chi connectivity index (χ4n) is 1.30. The van der Waals surface area contributed by atoms with Crippen LogP contribution in [0.4, 0.5) is 0 Å². The lowest BCUT2D eigenvalue weighted by molar-refractivity contribution is 0.0683. The minimum atomic E-state index is -0.943. The maximum atomic E-state index is 10.8. The summed E-state index contributed by atoms with van der Waals surface area (Å²) in [5.41, 5.74) is 0.275. The standard InChI is InChI=1S/C10H14ClNO2/c1-10(2,3)6-12-5-7(11)4-8(12)9(13)14/h4-5H,6H2,1-3H3,(H,13,14). The Hall–Kier alpha value is -0.960. The third-order valence-corrected chi connectivity index (χ3v) is 1.93. The van der Waals surface area contributed by atoms with Crippen molar-refractivity contribution >= 4 is 17.6 Å². The second-order valence-electron chi connectivity index (χ2n) is 4.54. The van der Waals surface area contributed by atoms with Crippen LogP contribution in [0.5, 0.6) is 0 Å². The zero-order chi connectivity index (χ0) is 10.9. The van der Waals surface area contributed by atoms with Crippen molar-refractivity contribution in [1.82, 2.24) is 4.57 Å². The van der Waals surface area contributed by atoms with Gasteiger partial charge in [0, 0.05) is 12.7 Å². The van der Waals surface area contributed by atoms with Crippen molar-refractivity contribution in [1.29, 1.82) is 0 Å². The van der Waals surface area contributed by atoms with Crippen molar-refractivity contribution in [2.24, 2.45) is 5.41 Å². The molecule has 1 heterocycles. The molecule has 0 saturated carbocycles. The molecule has 1 rings (SSSR count). The van der Waals surface area contributed by atoms with Gasteiger partial charge in [0.1, 0.15) is 5.69 Å². The van der Waals surface area contributed by atoms with Crippen LogP contribution in [-0.2, 0) is 6.54 Å². The average molecular weight is 216 g/mol. The molecule has 1 N–H and O–H groups in total. The van der Waals surface area contributed by atoms with E-state index in [1.54, 1.807) is 10.8 Å². The highest BCUT2D eigenvalue weighted by molar-refractivity contribution is 6.30. The highest BCUT2D eigenvalue weighted by Gasteiger charge is 2.17. The number of nitrogens with zero attached hydrogens (tertiary/aromatic N) is 1. The Bertz CT molecular complexity index is 349. The Balaban J connectivity index is 3.02. The molecule has 0 aliphatic carbocycles. The van der Waals surface area contributed by atoms with Gasteiger partial charge in [-0.1, -0.05) is 32.4 Å². The summed E-state index contributed by atoms with van der Waals surface area (Å²) in [6, 6.07) is 1.47. The van der Waals surface area contributed by atoms with Crippen molar-refractivity contribution in [2.45, 2.75) is 27.3 Å². The number of carboxylic acid groups (broad SMARTS) is 1. The van der Waals surface area contributed by atoms with Crippen LogP contribution in [0.15, 0.2) is 12.3 Å². The second kappa shape index (κ2) is 3.65. The van der Waals surface area contributed by atoms with Crippen LogP contribution in [0, 0.1) is 5.41 Å².